The molecule has 3 N–H and O–H groups in total. The smallest absolute Gasteiger partial charge is 0.124 e. The maximum absolute atomic E-state index is 9.60. The number of hydrogen-bond acceptors (Lipinski definition) is 3. The zero-order chi connectivity index (χ0) is 12.3. The molecule has 3 nitrogen and oxygen atoms in total. The average molecular weight is 250 g/mol. The summed E-state index contributed by atoms with van der Waals surface area (Å²) < 4.78 is 0. The predicted molar refractivity (Wildman–Crippen MR) is 68.6 cm³/mol. The summed E-state index contributed by atoms with van der Waals surface area (Å²) in [4.78, 5) is 0. The van der Waals surface area contributed by atoms with Gasteiger partial charge in [0.25, 0.3) is 0 Å². The van der Waals surface area contributed by atoms with Gasteiger partial charge in [-0.1, -0.05) is 17.7 Å². The molecule has 0 aromatic heterocycles. The molecule has 4 heteroatoms. The van der Waals surface area contributed by atoms with Crippen LogP contribution in [0.25, 0.3) is 0 Å². The number of hydrogen-bond donors (Lipinski definition) is 3. The first-order chi connectivity index (χ1) is 8.15. The fraction of sp³-hybridized carbons (Fsp3) is 0.0769. The minimum atomic E-state index is 0.0500. The van der Waals surface area contributed by atoms with E-state index < -0.39 is 0 Å². The summed E-state index contributed by atoms with van der Waals surface area (Å²) in [6.07, 6.45) is 0. The largest absolute Gasteiger partial charge is 0.508 e. The molecule has 0 aliphatic rings. The van der Waals surface area contributed by atoms with Gasteiger partial charge in [-0.25, -0.2) is 0 Å². The first kappa shape index (κ1) is 11.6. The van der Waals surface area contributed by atoms with Crippen molar-refractivity contribution < 1.29 is 10.2 Å². The molecule has 0 heterocycles. The Morgan fingerprint density at radius 1 is 1.06 bits per heavy atom. The number of benzene rings is 2. The quantitative estimate of drug-likeness (QED) is 0.782. The lowest BCUT2D eigenvalue weighted by Crippen LogP contribution is -1.99. The van der Waals surface area contributed by atoms with Crippen molar-refractivity contribution in [1.29, 1.82) is 0 Å². The fourth-order valence-electron chi connectivity index (χ4n) is 1.50. The normalized spacial score (nSPS) is 10.2. The van der Waals surface area contributed by atoms with E-state index in [4.69, 9.17) is 16.7 Å². The van der Waals surface area contributed by atoms with E-state index >= 15 is 0 Å². The molecule has 0 bridgehead atoms. The van der Waals surface area contributed by atoms with Crippen molar-refractivity contribution in [3.8, 4) is 11.5 Å². The monoisotopic (exact) mass is 249 g/mol. The number of anilines is 1. The lowest BCUT2D eigenvalue weighted by molar-refractivity contribution is 0.446. The van der Waals surface area contributed by atoms with Crippen LogP contribution < -0.4 is 5.32 Å². The van der Waals surface area contributed by atoms with Gasteiger partial charge in [0.2, 0.25) is 0 Å². The van der Waals surface area contributed by atoms with Gasteiger partial charge in [-0.15, -0.1) is 0 Å². The molecular formula is C13H12ClNO2. The van der Waals surface area contributed by atoms with Gasteiger partial charge < -0.3 is 15.5 Å². The summed E-state index contributed by atoms with van der Waals surface area (Å²) in [6.45, 7) is 0.465. The highest BCUT2D eigenvalue weighted by Crippen LogP contribution is 2.23. The highest BCUT2D eigenvalue weighted by atomic mass is 35.5. The molecule has 0 unspecified atom stereocenters. The van der Waals surface area contributed by atoms with Gasteiger partial charge in [-0.3, -0.25) is 0 Å². The molecule has 0 aliphatic heterocycles. The zero-order valence-corrected chi connectivity index (χ0v) is 9.78. The Hall–Kier alpha value is -1.87. The Morgan fingerprint density at radius 2 is 1.88 bits per heavy atom. The van der Waals surface area contributed by atoms with Crippen LogP contribution in [0.1, 0.15) is 5.56 Å². The average Bonchev–Trinajstić information content (AvgIpc) is 2.28. The number of phenols is 2. The molecule has 17 heavy (non-hydrogen) atoms. The van der Waals surface area contributed by atoms with Gasteiger partial charge in [0.1, 0.15) is 11.5 Å². The summed E-state index contributed by atoms with van der Waals surface area (Å²) in [7, 11) is 0. The molecule has 0 saturated carbocycles. The van der Waals surface area contributed by atoms with Crippen LogP contribution in [0.15, 0.2) is 42.5 Å². The van der Waals surface area contributed by atoms with Crippen molar-refractivity contribution in [1.82, 2.24) is 0 Å². The van der Waals surface area contributed by atoms with Gasteiger partial charge in [-0.2, -0.15) is 0 Å². The summed E-state index contributed by atoms with van der Waals surface area (Å²) in [5.41, 5.74) is 1.59. The van der Waals surface area contributed by atoms with Crippen LogP contribution in [0.2, 0.25) is 5.02 Å². The van der Waals surface area contributed by atoms with Crippen LogP contribution in [0, 0.1) is 0 Å². The molecule has 0 saturated heterocycles. The maximum atomic E-state index is 9.60. The highest BCUT2D eigenvalue weighted by Gasteiger charge is 2.02. The van der Waals surface area contributed by atoms with E-state index in [9.17, 15) is 5.11 Å². The van der Waals surface area contributed by atoms with Crippen LogP contribution in [0.4, 0.5) is 5.69 Å². The minimum absolute atomic E-state index is 0.0500. The summed E-state index contributed by atoms with van der Waals surface area (Å²) >= 11 is 5.86. The lowest BCUT2D eigenvalue weighted by atomic mass is 10.2. The number of nitrogens with one attached hydrogen (secondary N) is 1. The van der Waals surface area contributed by atoms with Crippen molar-refractivity contribution in [3.05, 3.63) is 53.1 Å². The van der Waals surface area contributed by atoms with Crippen molar-refractivity contribution in [2.45, 2.75) is 6.54 Å². The van der Waals surface area contributed by atoms with Crippen molar-refractivity contribution in [2.24, 2.45) is 0 Å². The highest BCUT2D eigenvalue weighted by molar-refractivity contribution is 6.30. The van der Waals surface area contributed by atoms with Gasteiger partial charge in [0.05, 0.1) is 0 Å². The second kappa shape index (κ2) is 4.97. The Morgan fingerprint density at radius 3 is 2.59 bits per heavy atom. The maximum Gasteiger partial charge on any atom is 0.124 e. The van der Waals surface area contributed by atoms with Crippen molar-refractivity contribution >= 4 is 17.3 Å². The third kappa shape index (κ3) is 3.04. The molecule has 2 aromatic carbocycles. The number of rotatable bonds is 3. The molecule has 0 aliphatic carbocycles. The summed E-state index contributed by atoms with van der Waals surface area (Å²) in [6, 6.07) is 11.9. The van der Waals surface area contributed by atoms with Crippen LogP contribution in [-0.2, 0) is 6.54 Å². The Labute approximate surface area is 104 Å². The Kier molecular flexibility index (Phi) is 3.40. The zero-order valence-electron chi connectivity index (χ0n) is 9.02. The molecule has 88 valence electrons. The van der Waals surface area contributed by atoms with Gasteiger partial charge in [0, 0.05) is 28.9 Å². The van der Waals surface area contributed by atoms with E-state index in [-0.39, 0.29) is 11.5 Å². The summed E-state index contributed by atoms with van der Waals surface area (Å²) in [5, 5.41) is 22.6. The molecule has 2 aromatic rings. The topological polar surface area (TPSA) is 52.5 Å². The van der Waals surface area contributed by atoms with E-state index in [2.05, 4.69) is 5.32 Å². The van der Waals surface area contributed by atoms with Crippen LogP contribution in [0.5, 0.6) is 11.5 Å². The van der Waals surface area contributed by atoms with Crippen LogP contribution in [0.3, 0.4) is 0 Å². The van der Waals surface area contributed by atoms with E-state index in [1.807, 2.05) is 12.1 Å². The minimum Gasteiger partial charge on any atom is -0.508 e. The molecule has 0 spiro atoms. The molecule has 0 atom stereocenters. The first-order valence-electron chi connectivity index (χ1n) is 5.15. The predicted octanol–water partition coefficient (Wildman–Crippen LogP) is 3.36. The summed E-state index contributed by atoms with van der Waals surface area (Å²) in [5.74, 6) is 0.119. The Bertz CT molecular complexity index is 529. The second-order valence-electron chi connectivity index (χ2n) is 3.68. The standard InChI is InChI=1S/C13H12ClNO2/c14-10-2-1-3-11(6-10)15-8-9-4-5-12(16)7-13(9)17/h1-7,15-17H,8H2. The molecular weight excluding hydrogens is 238 g/mol. The van der Waals surface area contributed by atoms with E-state index in [1.54, 1.807) is 18.2 Å². The third-order valence-corrected chi connectivity index (χ3v) is 2.61. The number of phenolic OH excluding ortho intramolecular Hbond substituents is 2. The fourth-order valence-corrected chi connectivity index (χ4v) is 1.69. The van der Waals surface area contributed by atoms with E-state index in [1.165, 1.54) is 12.1 Å². The van der Waals surface area contributed by atoms with Crippen molar-refractivity contribution in [2.75, 3.05) is 5.32 Å². The SMILES string of the molecule is Oc1ccc(CNc2cccc(Cl)c2)c(O)c1. The second-order valence-corrected chi connectivity index (χ2v) is 4.11. The molecule has 0 amide bonds. The van der Waals surface area contributed by atoms with E-state index in [0.29, 0.717) is 17.1 Å². The lowest BCUT2D eigenvalue weighted by Gasteiger charge is -2.08. The molecule has 0 fully saturated rings. The van der Waals surface area contributed by atoms with Crippen LogP contribution in [-0.4, -0.2) is 10.2 Å². The molecule has 0 radical (unpaired) electrons. The first-order valence-corrected chi connectivity index (χ1v) is 5.53. The van der Waals surface area contributed by atoms with Gasteiger partial charge in [0.15, 0.2) is 0 Å². The Balaban J connectivity index is 2.07. The number of halogens is 1. The third-order valence-electron chi connectivity index (χ3n) is 2.38. The van der Waals surface area contributed by atoms with Gasteiger partial charge in [-0.05, 0) is 30.3 Å². The van der Waals surface area contributed by atoms with E-state index in [0.717, 1.165) is 5.69 Å². The van der Waals surface area contributed by atoms with Gasteiger partial charge >= 0.3 is 0 Å². The number of aromatic hydroxyl groups is 2. The van der Waals surface area contributed by atoms with Crippen LogP contribution >= 0.6 is 11.6 Å². The van der Waals surface area contributed by atoms with Crippen molar-refractivity contribution in [3.63, 3.8) is 0 Å². The molecule has 2 rings (SSSR count).